The number of rotatable bonds is 2. The second kappa shape index (κ2) is 4.89. The van der Waals surface area contributed by atoms with Gasteiger partial charge in [-0.15, -0.1) is 0 Å². The average Bonchev–Trinajstić information content (AvgIpc) is 2.48. The van der Waals surface area contributed by atoms with Crippen LogP contribution in [0.25, 0.3) is 0 Å². The molecule has 20 heavy (non-hydrogen) atoms. The summed E-state index contributed by atoms with van der Waals surface area (Å²) in [5.74, 6) is -0.262. The summed E-state index contributed by atoms with van der Waals surface area (Å²) in [4.78, 5) is 29.9. The van der Waals surface area contributed by atoms with E-state index in [4.69, 9.17) is 0 Å². The molecule has 0 fully saturated rings. The van der Waals surface area contributed by atoms with Crippen molar-refractivity contribution in [1.29, 1.82) is 0 Å². The van der Waals surface area contributed by atoms with Crippen LogP contribution in [-0.2, 0) is 4.79 Å². The summed E-state index contributed by atoms with van der Waals surface area (Å²) in [5, 5.41) is 0. The molecule has 2 heterocycles. The Hall–Kier alpha value is -2.49. The van der Waals surface area contributed by atoms with Gasteiger partial charge in [0.05, 0.1) is 18.2 Å². The van der Waals surface area contributed by atoms with Crippen molar-refractivity contribution in [3.05, 3.63) is 59.9 Å². The molecule has 1 aliphatic heterocycles. The average molecular weight is 266 g/mol. The van der Waals surface area contributed by atoms with E-state index < -0.39 is 0 Å². The van der Waals surface area contributed by atoms with Crippen LogP contribution in [0.3, 0.4) is 0 Å². The minimum absolute atomic E-state index is 0.0631. The van der Waals surface area contributed by atoms with E-state index in [0.29, 0.717) is 11.3 Å². The molecular formula is C16H14N2O2. The summed E-state index contributed by atoms with van der Waals surface area (Å²) in [6.07, 6.45) is 3.35. The molecule has 1 atom stereocenters. The van der Waals surface area contributed by atoms with Crippen LogP contribution in [0.5, 0.6) is 0 Å². The number of hydrogen-bond donors (Lipinski definition) is 0. The fourth-order valence-electron chi connectivity index (χ4n) is 2.59. The number of carbonyl (C=O) groups excluding carboxylic acids is 2. The van der Waals surface area contributed by atoms with Crippen LogP contribution < -0.4 is 4.90 Å². The van der Waals surface area contributed by atoms with Gasteiger partial charge in [0, 0.05) is 18.0 Å². The molecule has 0 N–H and O–H groups in total. The van der Waals surface area contributed by atoms with Crippen molar-refractivity contribution in [2.75, 3.05) is 4.90 Å². The van der Waals surface area contributed by atoms with Crippen molar-refractivity contribution in [2.24, 2.45) is 0 Å². The summed E-state index contributed by atoms with van der Waals surface area (Å²) >= 11 is 0. The van der Waals surface area contributed by atoms with Crippen molar-refractivity contribution in [1.82, 2.24) is 4.98 Å². The van der Waals surface area contributed by atoms with E-state index in [1.54, 1.807) is 23.4 Å². The van der Waals surface area contributed by atoms with Crippen molar-refractivity contribution in [3.8, 4) is 0 Å². The number of ketones is 1. The number of para-hydroxylation sites is 1. The largest absolute Gasteiger partial charge is 0.304 e. The number of aromatic nitrogens is 1. The lowest BCUT2D eigenvalue weighted by molar-refractivity contribution is -0.118. The number of nitrogens with zero attached hydrogens (tertiary/aromatic N) is 2. The lowest BCUT2D eigenvalue weighted by Crippen LogP contribution is -2.39. The number of amides is 1. The van der Waals surface area contributed by atoms with Crippen molar-refractivity contribution >= 4 is 17.4 Å². The van der Waals surface area contributed by atoms with Crippen LogP contribution in [-0.4, -0.2) is 16.7 Å². The zero-order valence-electron chi connectivity index (χ0n) is 11.1. The predicted octanol–water partition coefficient (Wildman–Crippen LogP) is 2.76. The SMILES string of the molecule is CC(c1ccncc1)N1C(=O)CC(=O)c2ccccc21. The molecule has 0 bridgehead atoms. The van der Waals surface area contributed by atoms with Gasteiger partial charge in [0.25, 0.3) is 0 Å². The van der Waals surface area contributed by atoms with Gasteiger partial charge in [-0.25, -0.2) is 0 Å². The molecule has 0 spiro atoms. The molecule has 1 unspecified atom stereocenters. The fraction of sp³-hybridized carbons (Fsp3) is 0.188. The van der Waals surface area contributed by atoms with Gasteiger partial charge in [0.15, 0.2) is 5.78 Å². The highest BCUT2D eigenvalue weighted by molar-refractivity contribution is 6.19. The second-order valence-corrected chi connectivity index (χ2v) is 4.84. The molecule has 4 heteroatoms. The quantitative estimate of drug-likeness (QED) is 0.785. The number of carbonyl (C=O) groups is 2. The van der Waals surface area contributed by atoms with E-state index in [1.807, 2.05) is 37.3 Å². The summed E-state index contributed by atoms with van der Waals surface area (Å²) in [6.45, 7) is 1.96. The highest BCUT2D eigenvalue weighted by Crippen LogP contribution is 2.34. The van der Waals surface area contributed by atoms with E-state index in [-0.39, 0.29) is 24.2 Å². The third-order valence-electron chi connectivity index (χ3n) is 3.62. The standard InChI is InChI=1S/C16H14N2O2/c1-11(12-6-8-17-9-7-12)18-14-5-3-2-4-13(14)15(19)10-16(18)20/h2-9,11H,10H2,1H3. The number of anilines is 1. The third-order valence-corrected chi connectivity index (χ3v) is 3.62. The van der Waals surface area contributed by atoms with Gasteiger partial charge >= 0.3 is 0 Å². The van der Waals surface area contributed by atoms with Crippen molar-refractivity contribution < 1.29 is 9.59 Å². The molecule has 0 radical (unpaired) electrons. The molecule has 0 aliphatic carbocycles. The molecule has 3 rings (SSSR count). The number of hydrogen-bond acceptors (Lipinski definition) is 3. The first-order chi connectivity index (χ1) is 9.68. The van der Waals surface area contributed by atoms with Gasteiger partial charge in [-0.1, -0.05) is 12.1 Å². The number of fused-ring (bicyclic) bond motifs is 1. The van der Waals surface area contributed by atoms with E-state index in [9.17, 15) is 9.59 Å². The number of Topliss-reactive ketones (excluding diaryl/α,β-unsaturated/α-hetero) is 1. The first kappa shape index (κ1) is 12.5. The van der Waals surface area contributed by atoms with Crippen LogP contribution in [0, 0.1) is 0 Å². The first-order valence-electron chi connectivity index (χ1n) is 6.52. The molecule has 100 valence electrons. The van der Waals surface area contributed by atoms with Crippen LogP contribution in [0.1, 0.15) is 35.3 Å². The minimum atomic E-state index is -0.155. The number of benzene rings is 1. The summed E-state index contributed by atoms with van der Waals surface area (Å²) in [5.41, 5.74) is 2.31. The Morgan fingerprint density at radius 2 is 1.80 bits per heavy atom. The molecule has 0 saturated heterocycles. The summed E-state index contributed by atoms with van der Waals surface area (Å²) in [6, 6.07) is 10.9. The predicted molar refractivity (Wildman–Crippen MR) is 75.5 cm³/mol. The highest BCUT2D eigenvalue weighted by Gasteiger charge is 2.32. The number of pyridine rings is 1. The maximum Gasteiger partial charge on any atom is 0.235 e. The van der Waals surface area contributed by atoms with E-state index in [2.05, 4.69) is 4.98 Å². The van der Waals surface area contributed by atoms with Crippen LogP contribution in [0.15, 0.2) is 48.8 Å². The molecule has 4 nitrogen and oxygen atoms in total. The topological polar surface area (TPSA) is 50.3 Å². The second-order valence-electron chi connectivity index (χ2n) is 4.84. The zero-order valence-corrected chi connectivity index (χ0v) is 11.1. The van der Waals surface area contributed by atoms with Gasteiger partial charge in [-0.05, 0) is 36.8 Å². The summed E-state index contributed by atoms with van der Waals surface area (Å²) < 4.78 is 0. The Bertz CT molecular complexity index is 667. The zero-order chi connectivity index (χ0) is 14.1. The van der Waals surface area contributed by atoms with Gasteiger partial charge in [0.2, 0.25) is 5.91 Å². The van der Waals surface area contributed by atoms with E-state index in [1.165, 1.54) is 0 Å². The molecule has 1 aromatic heterocycles. The van der Waals surface area contributed by atoms with Crippen molar-refractivity contribution in [3.63, 3.8) is 0 Å². The molecule has 1 amide bonds. The van der Waals surface area contributed by atoms with E-state index >= 15 is 0 Å². The Labute approximate surface area is 117 Å². The highest BCUT2D eigenvalue weighted by atomic mass is 16.2. The minimum Gasteiger partial charge on any atom is -0.304 e. The van der Waals surface area contributed by atoms with Gasteiger partial charge in [-0.3, -0.25) is 14.6 Å². The van der Waals surface area contributed by atoms with Crippen LogP contribution >= 0.6 is 0 Å². The Morgan fingerprint density at radius 1 is 1.10 bits per heavy atom. The van der Waals surface area contributed by atoms with Crippen molar-refractivity contribution in [2.45, 2.75) is 19.4 Å². The maximum absolute atomic E-state index is 12.3. The molecule has 0 saturated carbocycles. The van der Waals surface area contributed by atoms with Gasteiger partial charge in [-0.2, -0.15) is 0 Å². The smallest absolute Gasteiger partial charge is 0.235 e. The lowest BCUT2D eigenvalue weighted by atomic mass is 9.96. The van der Waals surface area contributed by atoms with Gasteiger partial charge < -0.3 is 4.90 Å². The fourth-order valence-corrected chi connectivity index (χ4v) is 2.59. The normalized spacial score (nSPS) is 15.9. The maximum atomic E-state index is 12.3. The van der Waals surface area contributed by atoms with Gasteiger partial charge in [0.1, 0.15) is 0 Å². The van der Waals surface area contributed by atoms with E-state index in [0.717, 1.165) is 5.56 Å². The monoisotopic (exact) mass is 266 g/mol. The Morgan fingerprint density at radius 3 is 2.55 bits per heavy atom. The molecular weight excluding hydrogens is 252 g/mol. The first-order valence-corrected chi connectivity index (χ1v) is 6.52. The Balaban J connectivity index is 2.07. The Kier molecular flexibility index (Phi) is 3.06. The molecule has 2 aromatic rings. The molecule has 1 aliphatic rings. The molecule has 1 aromatic carbocycles. The third kappa shape index (κ3) is 1.99. The summed E-state index contributed by atoms with van der Waals surface area (Å²) in [7, 11) is 0. The lowest BCUT2D eigenvalue weighted by Gasteiger charge is -2.33. The van der Waals surface area contributed by atoms with Crippen LogP contribution in [0.2, 0.25) is 0 Å². The van der Waals surface area contributed by atoms with Crippen LogP contribution in [0.4, 0.5) is 5.69 Å².